The summed E-state index contributed by atoms with van der Waals surface area (Å²) in [5.74, 6) is 0.989. The van der Waals surface area contributed by atoms with Gasteiger partial charge in [0.2, 0.25) is 5.95 Å². The van der Waals surface area contributed by atoms with E-state index >= 15 is 0 Å². The average molecular weight is 518 g/mol. The number of esters is 1. The number of aromatic nitrogens is 2. The Morgan fingerprint density at radius 1 is 1.00 bits per heavy atom. The zero-order valence-corrected chi connectivity index (χ0v) is 21.9. The normalized spacial score (nSPS) is 10.6. The maximum Gasteiger partial charge on any atom is 0.305 e. The molecule has 3 rings (SSSR count). The third-order valence-corrected chi connectivity index (χ3v) is 5.45. The molecule has 0 radical (unpaired) electrons. The van der Waals surface area contributed by atoms with Crippen LogP contribution < -0.4 is 10.1 Å². The third kappa shape index (κ3) is 9.46. The van der Waals surface area contributed by atoms with Crippen LogP contribution in [0.4, 0.5) is 11.6 Å². The van der Waals surface area contributed by atoms with Crippen molar-refractivity contribution in [3.63, 3.8) is 0 Å². The topological polar surface area (TPSA) is 91.8 Å². The molecule has 0 aliphatic heterocycles. The monoisotopic (exact) mass is 517 g/mol. The van der Waals surface area contributed by atoms with Gasteiger partial charge in [0, 0.05) is 29.4 Å². The minimum absolute atomic E-state index is 0.213. The molecule has 3 aromatic rings. The minimum Gasteiger partial charge on any atom is -0.493 e. The quantitative estimate of drug-likeness (QED) is 0.132. The minimum atomic E-state index is -0.213. The van der Waals surface area contributed by atoms with Gasteiger partial charge in [-0.15, -0.1) is 13.2 Å². The molecular formula is C30H35N3O5. The fourth-order valence-corrected chi connectivity index (χ4v) is 3.61. The Balaban J connectivity index is 1.69. The number of anilines is 2. The summed E-state index contributed by atoms with van der Waals surface area (Å²) in [6.45, 7) is 9.67. The van der Waals surface area contributed by atoms with Crippen LogP contribution in [-0.4, -0.2) is 42.9 Å². The Bertz CT molecular complexity index is 1200. The lowest BCUT2D eigenvalue weighted by molar-refractivity contribution is -0.140. The standard InChI is InChI=1S/C30H35N3O5/c1-4-16-36-21-23-9-8-10-24(19-23)27-14-15-31-30(33-27)32-26-12-13-28(25(20-26)22-37-17-5-2)38-18-7-6-11-29(34)35-3/h4-5,8-10,12-15,19-20H,1-2,6-7,11,16-18,21-22H2,3H3,(H,31,32,33). The van der Waals surface area contributed by atoms with Gasteiger partial charge in [0.1, 0.15) is 5.75 Å². The van der Waals surface area contributed by atoms with E-state index in [1.54, 1.807) is 18.3 Å². The first-order valence-corrected chi connectivity index (χ1v) is 12.5. The summed E-state index contributed by atoms with van der Waals surface area (Å²) in [5, 5.41) is 3.28. The number of hydrogen-bond acceptors (Lipinski definition) is 8. The number of carbonyl (C=O) groups is 1. The van der Waals surface area contributed by atoms with Gasteiger partial charge in [-0.25, -0.2) is 9.97 Å². The van der Waals surface area contributed by atoms with Crippen molar-refractivity contribution in [1.29, 1.82) is 0 Å². The van der Waals surface area contributed by atoms with E-state index in [2.05, 4.69) is 34.3 Å². The SMILES string of the molecule is C=CCOCc1cccc(-c2ccnc(Nc3ccc(OCCCCC(=O)OC)c(COCC=C)c3)n2)c1. The van der Waals surface area contributed by atoms with Gasteiger partial charge in [0.15, 0.2) is 0 Å². The number of ether oxygens (including phenoxy) is 4. The molecular weight excluding hydrogens is 482 g/mol. The number of rotatable bonds is 17. The van der Waals surface area contributed by atoms with Gasteiger partial charge in [-0.2, -0.15) is 0 Å². The number of carbonyl (C=O) groups excluding carboxylic acids is 1. The van der Waals surface area contributed by atoms with E-state index in [0.29, 0.717) is 51.8 Å². The van der Waals surface area contributed by atoms with Crippen LogP contribution in [-0.2, 0) is 32.2 Å². The summed E-state index contributed by atoms with van der Waals surface area (Å²) in [7, 11) is 1.39. The molecule has 0 unspecified atom stereocenters. The number of nitrogens with one attached hydrogen (secondary N) is 1. The van der Waals surface area contributed by atoms with E-state index < -0.39 is 0 Å². The first-order valence-electron chi connectivity index (χ1n) is 12.5. The second-order valence-electron chi connectivity index (χ2n) is 8.40. The van der Waals surface area contributed by atoms with E-state index in [-0.39, 0.29) is 5.97 Å². The Kier molecular flexibility index (Phi) is 12.0. The summed E-state index contributed by atoms with van der Waals surface area (Å²) in [6.07, 6.45) is 6.98. The number of nitrogens with zero attached hydrogens (tertiary/aromatic N) is 2. The number of hydrogen-bond donors (Lipinski definition) is 1. The van der Waals surface area contributed by atoms with Crippen LogP contribution in [0, 0.1) is 0 Å². The van der Waals surface area contributed by atoms with Crippen LogP contribution in [0.3, 0.4) is 0 Å². The smallest absolute Gasteiger partial charge is 0.305 e. The Labute approximate surface area is 224 Å². The number of methoxy groups -OCH3 is 1. The van der Waals surface area contributed by atoms with E-state index in [1.165, 1.54) is 7.11 Å². The molecule has 0 bridgehead atoms. The largest absolute Gasteiger partial charge is 0.493 e. The second kappa shape index (κ2) is 16.0. The highest BCUT2D eigenvalue weighted by atomic mass is 16.5. The highest BCUT2D eigenvalue weighted by Crippen LogP contribution is 2.27. The van der Waals surface area contributed by atoms with E-state index in [9.17, 15) is 4.79 Å². The van der Waals surface area contributed by atoms with E-state index in [0.717, 1.165) is 40.2 Å². The number of benzene rings is 2. The summed E-state index contributed by atoms with van der Waals surface area (Å²) < 4.78 is 21.9. The molecule has 0 saturated carbocycles. The molecule has 0 saturated heterocycles. The molecule has 8 heteroatoms. The van der Waals surface area contributed by atoms with Gasteiger partial charge in [-0.1, -0.05) is 30.4 Å². The molecule has 2 aromatic carbocycles. The molecule has 0 spiro atoms. The highest BCUT2D eigenvalue weighted by Gasteiger charge is 2.09. The predicted octanol–water partition coefficient (Wildman–Crippen LogP) is 6.01. The molecule has 38 heavy (non-hydrogen) atoms. The van der Waals surface area contributed by atoms with Crippen molar-refractivity contribution < 1.29 is 23.7 Å². The molecule has 1 N–H and O–H groups in total. The Morgan fingerprint density at radius 2 is 1.82 bits per heavy atom. The van der Waals surface area contributed by atoms with Gasteiger partial charge in [-0.3, -0.25) is 4.79 Å². The van der Waals surface area contributed by atoms with E-state index in [1.807, 2.05) is 42.5 Å². The van der Waals surface area contributed by atoms with Crippen molar-refractivity contribution in [2.75, 3.05) is 32.2 Å². The summed E-state index contributed by atoms with van der Waals surface area (Å²) in [6, 6.07) is 15.7. The van der Waals surface area contributed by atoms with Crippen LogP contribution in [0.1, 0.15) is 30.4 Å². The second-order valence-corrected chi connectivity index (χ2v) is 8.40. The third-order valence-electron chi connectivity index (χ3n) is 5.45. The summed E-state index contributed by atoms with van der Waals surface area (Å²) >= 11 is 0. The maximum absolute atomic E-state index is 11.3. The Morgan fingerprint density at radius 3 is 2.61 bits per heavy atom. The summed E-state index contributed by atoms with van der Waals surface area (Å²) in [4.78, 5) is 20.4. The van der Waals surface area contributed by atoms with Gasteiger partial charge >= 0.3 is 5.97 Å². The predicted molar refractivity (Wildman–Crippen MR) is 148 cm³/mol. The van der Waals surface area contributed by atoms with Gasteiger partial charge < -0.3 is 24.3 Å². The van der Waals surface area contributed by atoms with Crippen LogP contribution in [0.2, 0.25) is 0 Å². The van der Waals surface area contributed by atoms with Crippen LogP contribution in [0.15, 0.2) is 80.0 Å². The van der Waals surface area contributed by atoms with Gasteiger partial charge in [0.05, 0.1) is 45.8 Å². The lowest BCUT2D eigenvalue weighted by atomic mass is 10.1. The van der Waals surface area contributed by atoms with Crippen molar-refractivity contribution in [3.05, 3.63) is 91.2 Å². The zero-order valence-electron chi connectivity index (χ0n) is 21.9. The summed E-state index contributed by atoms with van der Waals surface area (Å²) in [5.41, 5.74) is 4.53. The van der Waals surface area contributed by atoms with Crippen LogP contribution in [0.25, 0.3) is 11.3 Å². The van der Waals surface area contributed by atoms with Gasteiger partial charge in [0.25, 0.3) is 0 Å². The molecule has 0 atom stereocenters. The van der Waals surface area contributed by atoms with Gasteiger partial charge in [-0.05, 0) is 48.7 Å². The molecule has 0 aliphatic rings. The Hall–Kier alpha value is -4.01. The van der Waals surface area contributed by atoms with Crippen molar-refractivity contribution >= 4 is 17.6 Å². The zero-order chi connectivity index (χ0) is 27.0. The van der Waals surface area contributed by atoms with Crippen molar-refractivity contribution in [2.45, 2.75) is 32.5 Å². The van der Waals surface area contributed by atoms with Crippen LogP contribution >= 0.6 is 0 Å². The molecule has 0 amide bonds. The first-order chi connectivity index (χ1) is 18.6. The van der Waals surface area contributed by atoms with Crippen molar-refractivity contribution in [1.82, 2.24) is 9.97 Å². The lowest BCUT2D eigenvalue weighted by Crippen LogP contribution is -2.05. The molecule has 1 heterocycles. The average Bonchev–Trinajstić information content (AvgIpc) is 2.94. The fourth-order valence-electron chi connectivity index (χ4n) is 3.61. The van der Waals surface area contributed by atoms with Crippen molar-refractivity contribution in [2.24, 2.45) is 0 Å². The molecule has 200 valence electrons. The van der Waals surface area contributed by atoms with E-state index in [4.69, 9.17) is 19.2 Å². The van der Waals surface area contributed by atoms with Crippen molar-refractivity contribution in [3.8, 4) is 17.0 Å². The fraction of sp³-hybridized carbons (Fsp3) is 0.300. The number of unbranched alkanes of at least 4 members (excludes halogenated alkanes) is 1. The molecule has 1 aromatic heterocycles. The maximum atomic E-state index is 11.3. The highest BCUT2D eigenvalue weighted by molar-refractivity contribution is 5.69. The first kappa shape index (κ1) is 28.6. The molecule has 0 aliphatic carbocycles. The molecule has 8 nitrogen and oxygen atoms in total. The molecule has 0 fully saturated rings. The lowest BCUT2D eigenvalue weighted by Gasteiger charge is -2.14. The van der Waals surface area contributed by atoms with Crippen LogP contribution in [0.5, 0.6) is 5.75 Å².